The SMILES string of the molecule is NC(N)=NC(=Nc1ccccc1)N1CCCCC1. The van der Waals surface area contributed by atoms with Gasteiger partial charge in [0.2, 0.25) is 5.96 Å². The van der Waals surface area contributed by atoms with E-state index < -0.39 is 0 Å². The zero-order chi connectivity index (χ0) is 12.8. The molecule has 1 aliphatic heterocycles. The van der Waals surface area contributed by atoms with Crippen molar-refractivity contribution in [2.24, 2.45) is 21.5 Å². The molecule has 2 rings (SSSR count). The molecule has 96 valence electrons. The fourth-order valence-electron chi connectivity index (χ4n) is 1.99. The van der Waals surface area contributed by atoms with Crippen molar-refractivity contribution in [3.8, 4) is 0 Å². The van der Waals surface area contributed by atoms with Crippen LogP contribution in [0.1, 0.15) is 19.3 Å². The molecule has 0 spiro atoms. The van der Waals surface area contributed by atoms with E-state index in [0.717, 1.165) is 31.6 Å². The molecule has 0 atom stereocenters. The first-order valence-electron chi connectivity index (χ1n) is 6.24. The Labute approximate surface area is 107 Å². The van der Waals surface area contributed by atoms with Crippen LogP contribution < -0.4 is 11.5 Å². The van der Waals surface area contributed by atoms with Gasteiger partial charge in [0.1, 0.15) is 0 Å². The van der Waals surface area contributed by atoms with Crippen molar-refractivity contribution in [2.45, 2.75) is 19.3 Å². The molecule has 1 heterocycles. The van der Waals surface area contributed by atoms with Gasteiger partial charge in [-0.3, -0.25) is 0 Å². The number of hydrogen-bond acceptors (Lipinski definition) is 1. The molecular formula is C13H19N5. The molecule has 5 heteroatoms. The van der Waals surface area contributed by atoms with Crippen LogP contribution in [0, 0.1) is 0 Å². The Hall–Kier alpha value is -2.04. The molecule has 1 aromatic carbocycles. The smallest absolute Gasteiger partial charge is 0.229 e. The third kappa shape index (κ3) is 3.48. The predicted molar refractivity (Wildman–Crippen MR) is 74.8 cm³/mol. The molecule has 0 aliphatic carbocycles. The quantitative estimate of drug-likeness (QED) is 0.580. The summed E-state index contributed by atoms with van der Waals surface area (Å²) in [4.78, 5) is 10.8. The van der Waals surface area contributed by atoms with Gasteiger partial charge in [-0.1, -0.05) is 18.2 Å². The van der Waals surface area contributed by atoms with E-state index in [4.69, 9.17) is 11.5 Å². The first-order valence-corrected chi connectivity index (χ1v) is 6.24. The van der Waals surface area contributed by atoms with Gasteiger partial charge in [0.15, 0.2) is 5.96 Å². The van der Waals surface area contributed by atoms with E-state index in [1.165, 1.54) is 6.42 Å². The zero-order valence-electron chi connectivity index (χ0n) is 10.4. The second-order valence-corrected chi connectivity index (χ2v) is 4.33. The Morgan fingerprint density at radius 3 is 2.28 bits per heavy atom. The highest BCUT2D eigenvalue weighted by molar-refractivity contribution is 5.94. The standard InChI is InChI=1S/C13H19N5/c14-12(15)17-13(18-9-5-2-6-10-18)16-11-7-3-1-4-8-11/h1,3-4,7-8H,2,5-6,9-10H2,(H4,14,15,16,17). The second-order valence-electron chi connectivity index (χ2n) is 4.33. The van der Waals surface area contributed by atoms with Crippen LogP contribution in [-0.4, -0.2) is 29.9 Å². The molecule has 0 aromatic heterocycles. The number of piperidine rings is 1. The maximum Gasteiger partial charge on any atom is 0.229 e. The number of nitrogens with zero attached hydrogens (tertiary/aromatic N) is 3. The summed E-state index contributed by atoms with van der Waals surface area (Å²) in [5, 5.41) is 0. The monoisotopic (exact) mass is 245 g/mol. The number of rotatable bonds is 1. The summed E-state index contributed by atoms with van der Waals surface area (Å²) >= 11 is 0. The lowest BCUT2D eigenvalue weighted by atomic mass is 10.1. The highest BCUT2D eigenvalue weighted by Gasteiger charge is 2.14. The third-order valence-corrected chi connectivity index (χ3v) is 2.85. The minimum Gasteiger partial charge on any atom is -0.370 e. The van der Waals surface area contributed by atoms with Crippen LogP contribution in [0.5, 0.6) is 0 Å². The Kier molecular flexibility index (Phi) is 4.17. The molecule has 1 aromatic rings. The van der Waals surface area contributed by atoms with Gasteiger partial charge in [-0.15, -0.1) is 0 Å². The van der Waals surface area contributed by atoms with Crippen LogP contribution >= 0.6 is 0 Å². The lowest BCUT2D eigenvalue weighted by Gasteiger charge is -2.27. The van der Waals surface area contributed by atoms with Crippen molar-refractivity contribution in [1.29, 1.82) is 0 Å². The fourth-order valence-corrected chi connectivity index (χ4v) is 1.99. The van der Waals surface area contributed by atoms with Crippen LogP contribution in [-0.2, 0) is 0 Å². The van der Waals surface area contributed by atoms with Gasteiger partial charge in [-0.05, 0) is 31.4 Å². The second kappa shape index (κ2) is 6.05. The molecular weight excluding hydrogens is 226 g/mol. The molecule has 18 heavy (non-hydrogen) atoms. The van der Waals surface area contributed by atoms with Gasteiger partial charge in [0.05, 0.1) is 5.69 Å². The summed E-state index contributed by atoms with van der Waals surface area (Å²) in [6.45, 7) is 1.92. The highest BCUT2D eigenvalue weighted by Crippen LogP contribution is 2.15. The van der Waals surface area contributed by atoms with Gasteiger partial charge < -0.3 is 16.4 Å². The van der Waals surface area contributed by atoms with Gasteiger partial charge in [0.25, 0.3) is 0 Å². The summed E-state index contributed by atoms with van der Waals surface area (Å²) < 4.78 is 0. The number of guanidine groups is 2. The summed E-state index contributed by atoms with van der Waals surface area (Å²) in [5.41, 5.74) is 11.8. The maximum atomic E-state index is 5.47. The van der Waals surface area contributed by atoms with Gasteiger partial charge in [-0.25, -0.2) is 4.99 Å². The van der Waals surface area contributed by atoms with Gasteiger partial charge in [0, 0.05) is 13.1 Å². The van der Waals surface area contributed by atoms with Crippen LogP contribution in [0.25, 0.3) is 0 Å². The highest BCUT2D eigenvalue weighted by atomic mass is 15.3. The summed E-state index contributed by atoms with van der Waals surface area (Å²) in [7, 11) is 0. The first-order chi connectivity index (χ1) is 8.75. The molecule has 0 saturated carbocycles. The van der Waals surface area contributed by atoms with E-state index >= 15 is 0 Å². The Morgan fingerprint density at radius 2 is 1.67 bits per heavy atom. The van der Waals surface area contributed by atoms with E-state index in [0.29, 0.717) is 5.96 Å². The molecule has 4 N–H and O–H groups in total. The number of benzene rings is 1. The normalized spacial score (nSPS) is 16.4. The molecule has 1 saturated heterocycles. The first kappa shape index (κ1) is 12.4. The number of nitrogens with two attached hydrogens (primary N) is 2. The van der Waals surface area contributed by atoms with Crippen molar-refractivity contribution in [3.63, 3.8) is 0 Å². The predicted octanol–water partition coefficient (Wildman–Crippen LogP) is 1.43. The minimum atomic E-state index is 0.0512. The van der Waals surface area contributed by atoms with E-state index in [2.05, 4.69) is 14.9 Å². The van der Waals surface area contributed by atoms with Gasteiger partial charge >= 0.3 is 0 Å². The van der Waals surface area contributed by atoms with E-state index in [1.807, 2.05) is 30.3 Å². The molecule has 0 bridgehead atoms. The topological polar surface area (TPSA) is 80.0 Å². The summed E-state index contributed by atoms with van der Waals surface area (Å²) in [6.07, 6.45) is 3.58. The van der Waals surface area contributed by atoms with E-state index in [1.54, 1.807) is 0 Å². The Balaban J connectivity index is 2.24. The largest absolute Gasteiger partial charge is 0.370 e. The number of hydrogen-bond donors (Lipinski definition) is 2. The lowest BCUT2D eigenvalue weighted by molar-refractivity contribution is 0.339. The average Bonchev–Trinajstić information content (AvgIpc) is 2.40. The Bertz CT molecular complexity index is 428. The maximum absolute atomic E-state index is 5.47. The molecule has 0 unspecified atom stereocenters. The van der Waals surface area contributed by atoms with Crippen molar-refractivity contribution in [1.82, 2.24) is 4.90 Å². The van der Waals surface area contributed by atoms with Crippen LogP contribution in [0.2, 0.25) is 0 Å². The van der Waals surface area contributed by atoms with Crippen LogP contribution in [0.15, 0.2) is 40.3 Å². The Morgan fingerprint density at radius 1 is 1.00 bits per heavy atom. The van der Waals surface area contributed by atoms with Gasteiger partial charge in [-0.2, -0.15) is 4.99 Å². The summed E-state index contributed by atoms with van der Waals surface area (Å²) in [6, 6.07) is 9.73. The average molecular weight is 245 g/mol. The number of para-hydroxylation sites is 1. The van der Waals surface area contributed by atoms with Crippen molar-refractivity contribution < 1.29 is 0 Å². The van der Waals surface area contributed by atoms with Crippen molar-refractivity contribution in [3.05, 3.63) is 30.3 Å². The van der Waals surface area contributed by atoms with Crippen molar-refractivity contribution in [2.75, 3.05) is 13.1 Å². The zero-order valence-corrected chi connectivity index (χ0v) is 10.4. The molecule has 1 aliphatic rings. The van der Waals surface area contributed by atoms with E-state index in [-0.39, 0.29) is 5.96 Å². The summed E-state index contributed by atoms with van der Waals surface area (Å²) in [5.74, 6) is 0.663. The fraction of sp³-hybridized carbons (Fsp3) is 0.385. The third-order valence-electron chi connectivity index (χ3n) is 2.85. The molecule has 0 amide bonds. The molecule has 0 radical (unpaired) electrons. The lowest BCUT2D eigenvalue weighted by Crippen LogP contribution is -2.37. The minimum absolute atomic E-state index is 0.0512. The van der Waals surface area contributed by atoms with Crippen molar-refractivity contribution >= 4 is 17.6 Å². The number of likely N-dealkylation sites (tertiary alicyclic amines) is 1. The molecule has 5 nitrogen and oxygen atoms in total. The van der Waals surface area contributed by atoms with Crippen LogP contribution in [0.4, 0.5) is 5.69 Å². The molecule has 1 fully saturated rings. The van der Waals surface area contributed by atoms with Crippen LogP contribution in [0.3, 0.4) is 0 Å². The number of aliphatic imine (C=N–C) groups is 2. The van der Waals surface area contributed by atoms with E-state index in [9.17, 15) is 0 Å².